The summed E-state index contributed by atoms with van der Waals surface area (Å²) >= 11 is 1.35. The summed E-state index contributed by atoms with van der Waals surface area (Å²) in [7, 11) is 0. The third-order valence-electron chi connectivity index (χ3n) is 2.79. The van der Waals surface area contributed by atoms with Gasteiger partial charge in [-0.2, -0.15) is 15.1 Å². The fourth-order valence-corrected chi connectivity index (χ4v) is 2.85. The number of nitrogens with zero attached hydrogens (tertiary/aromatic N) is 3. The number of hydrazone groups is 1. The lowest BCUT2D eigenvalue weighted by molar-refractivity contribution is -0.114. The Morgan fingerprint density at radius 3 is 3.10 bits per heavy atom. The van der Waals surface area contributed by atoms with E-state index in [0.717, 1.165) is 17.9 Å². The van der Waals surface area contributed by atoms with E-state index in [1.807, 2.05) is 0 Å². The second kappa shape index (κ2) is 5.09. The van der Waals surface area contributed by atoms with Crippen LogP contribution in [0.25, 0.3) is 6.08 Å². The van der Waals surface area contributed by atoms with E-state index in [1.54, 1.807) is 12.1 Å². The molecule has 7 heteroatoms. The minimum Gasteiger partial charge on any atom is -0.465 e. The highest BCUT2D eigenvalue weighted by atomic mass is 32.2. The summed E-state index contributed by atoms with van der Waals surface area (Å²) in [5.74, 6) is 0.120. The SMILES string of the molecule is CCCC1=NN2C(=N)C(=Cc3ccco3)C(=O)N=C2S1. The highest BCUT2D eigenvalue weighted by molar-refractivity contribution is 8.26. The second-order valence-electron chi connectivity index (χ2n) is 4.28. The summed E-state index contributed by atoms with van der Waals surface area (Å²) in [5, 5.41) is 15.2. The van der Waals surface area contributed by atoms with Crippen LogP contribution in [-0.2, 0) is 4.79 Å². The molecule has 0 atom stereocenters. The molecule has 3 heterocycles. The molecule has 20 heavy (non-hydrogen) atoms. The average molecular weight is 288 g/mol. The highest BCUT2D eigenvalue weighted by Crippen LogP contribution is 2.29. The van der Waals surface area contributed by atoms with E-state index >= 15 is 0 Å². The normalized spacial score (nSPS) is 20.2. The van der Waals surface area contributed by atoms with Crippen molar-refractivity contribution in [2.75, 3.05) is 0 Å². The van der Waals surface area contributed by atoms with Crippen LogP contribution < -0.4 is 0 Å². The molecule has 0 spiro atoms. The van der Waals surface area contributed by atoms with Gasteiger partial charge in [-0.1, -0.05) is 6.92 Å². The second-order valence-corrected chi connectivity index (χ2v) is 5.32. The van der Waals surface area contributed by atoms with E-state index in [2.05, 4.69) is 17.0 Å². The Morgan fingerprint density at radius 1 is 1.55 bits per heavy atom. The maximum absolute atomic E-state index is 12.0. The van der Waals surface area contributed by atoms with Crippen molar-refractivity contribution in [3.8, 4) is 0 Å². The zero-order chi connectivity index (χ0) is 14.1. The van der Waals surface area contributed by atoms with E-state index in [0.29, 0.717) is 10.9 Å². The predicted molar refractivity (Wildman–Crippen MR) is 78.6 cm³/mol. The van der Waals surface area contributed by atoms with Gasteiger partial charge in [-0.15, -0.1) is 0 Å². The van der Waals surface area contributed by atoms with E-state index in [1.165, 1.54) is 29.1 Å². The first kappa shape index (κ1) is 12.9. The van der Waals surface area contributed by atoms with E-state index in [9.17, 15) is 4.79 Å². The molecule has 0 saturated carbocycles. The van der Waals surface area contributed by atoms with Gasteiger partial charge in [-0.25, -0.2) is 0 Å². The Balaban J connectivity index is 1.94. The average Bonchev–Trinajstić information content (AvgIpc) is 3.04. The number of hydrogen-bond acceptors (Lipinski definition) is 5. The fraction of sp³-hybridized carbons (Fsp3) is 0.231. The lowest BCUT2D eigenvalue weighted by atomic mass is 10.1. The Hall–Kier alpha value is -2.15. The Bertz CT molecular complexity index is 658. The molecule has 0 unspecified atom stereocenters. The van der Waals surface area contributed by atoms with Crippen LogP contribution in [0.5, 0.6) is 0 Å². The molecular formula is C13H12N4O2S. The number of thioether (sulfide) groups is 1. The number of aliphatic imine (C=N–C) groups is 1. The van der Waals surface area contributed by atoms with Gasteiger partial charge in [0.15, 0.2) is 5.84 Å². The van der Waals surface area contributed by atoms with Crippen LogP contribution in [0.1, 0.15) is 25.5 Å². The first-order valence-electron chi connectivity index (χ1n) is 6.21. The molecule has 0 aromatic carbocycles. The van der Waals surface area contributed by atoms with Crippen molar-refractivity contribution in [1.82, 2.24) is 5.01 Å². The van der Waals surface area contributed by atoms with Crippen molar-refractivity contribution in [2.24, 2.45) is 10.1 Å². The Labute approximate surface area is 119 Å². The van der Waals surface area contributed by atoms with Crippen molar-refractivity contribution in [2.45, 2.75) is 19.8 Å². The Kier molecular flexibility index (Phi) is 3.27. The number of amidine groups is 2. The molecule has 0 fully saturated rings. The molecule has 2 aliphatic rings. The number of fused-ring (bicyclic) bond motifs is 1. The molecule has 0 aliphatic carbocycles. The number of carbonyl (C=O) groups is 1. The van der Waals surface area contributed by atoms with Crippen LogP contribution in [0.4, 0.5) is 0 Å². The van der Waals surface area contributed by atoms with Crippen molar-refractivity contribution in [3.05, 3.63) is 29.7 Å². The summed E-state index contributed by atoms with van der Waals surface area (Å²) in [5.41, 5.74) is 0.186. The van der Waals surface area contributed by atoms with Crippen molar-refractivity contribution in [3.63, 3.8) is 0 Å². The first-order chi connectivity index (χ1) is 9.69. The van der Waals surface area contributed by atoms with Gasteiger partial charge in [-0.05, 0) is 42.8 Å². The largest absolute Gasteiger partial charge is 0.465 e. The number of nitrogens with one attached hydrogen (secondary N) is 1. The van der Waals surface area contributed by atoms with Crippen molar-refractivity contribution in [1.29, 1.82) is 5.41 Å². The van der Waals surface area contributed by atoms with E-state index < -0.39 is 5.91 Å². The summed E-state index contributed by atoms with van der Waals surface area (Å²) < 4.78 is 5.17. The number of hydrogen-bond donors (Lipinski definition) is 1. The minimum atomic E-state index is -0.432. The van der Waals surface area contributed by atoms with Crippen molar-refractivity contribution >= 4 is 39.8 Å². The van der Waals surface area contributed by atoms with Crippen molar-refractivity contribution < 1.29 is 9.21 Å². The van der Waals surface area contributed by atoms with Gasteiger partial charge in [-0.3, -0.25) is 10.2 Å². The van der Waals surface area contributed by atoms with Gasteiger partial charge < -0.3 is 4.42 Å². The molecule has 2 aliphatic heterocycles. The number of furan rings is 1. The van der Waals surface area contributed by atoms with Crippen LogP contribution in [0.2, 0.25) is 0 Å². The van der Waals surface area contributed by atoms with Gasteiger partial charge in [0.05, 0.1) is 11.8 Å². The Morgan fingerprint density at radius 2 is 2.40 bits per heavy atom. The topological polar surface area (TPSA) is 82.0 Å². The van der Waals surface area contributed by atoms with Crippen LogP contribution in [-0.4, -0.2) is 27.0 Å². The molecule has 6 nitrogen and oxygen atoms in total. The molecule has 1 amide bonds. The summed E-state index contributed by atoms with van der Waals surface area (Å²) in [6.45, 7) is 2.06. The molecule has 3 rings (SSSR count). The third kappa shape index (κ3) is 2.20. The lowest BCUT2D eigenvalue weighted by Gasteiger charge is -2.19. The zero-order valence-corrected chi connectivity index (χ0v) is 11.6. The van der Waals surface area contributed by atoms with E-state index in [4.69, 9.17) is 9.83 Å². The van der Waals surface area contributed by atoms with Gasteiger partial charge in [0.2, 0.25) is 5.17 Å². The predicted octanol–water partition coefficient (Wildman–Crippen LogP) is 2.70. The highest BCUT2D eigenvalue weighted by Gasteiger charge is 2.35. The monoisotopic (exact) mass is 288 g/mol. The lowest BCUT2D eigenvalue weighted by Crippen LogP contribution is -2.35. The zero-order valence-electron chi connectivity index (χ0n) is 10.8. The molecule has 0 radical (unpaired) electrons. The third-order valence-corrected chi connectivity index (χ3v) is 3.76. The molecule has 1 aromatic heterocycles. The molecule has 1 aromatic rings. The van der Waals surface area contributed by atoms with Gasteiger partial charge in [0.1, 0.15) is 10.8 Å². The summed E-state index contributed by atoms with van der Waals surface area (Å²) in [4.78, 5) is 16.0. The molecule has 0 saturated heterocycles. The van der Waals surface area contributed by atoms with Gasteiger partial charge in [0, 0.05) is 0 Å². The van der Waals surface area contributed by atoms with Gasteiger partial charge >= 0.3 is 0 Å². The molecule has 0 bridgehead atoms. The maximum atomic E-state index is 12.0. The van der Waals surface area contributed by atoms with Crippen LogP contribution >= 0.6 is 11.8 Å². The van der Waals surface area contributed by atoms with E-state index in [-0.39, 0.29) is 11.4 Å². The maximum Gasteiger partial charge on any atom is 0.283 e. The molecule has 1 N–H and O–H groups in total. The quantitative estimate of drug-likeness (QED) is 0.867. The first-order valence-corrected chi connectivity index (χ1v) is 7.03. The molecule has 102 valence electrons. The smallest absolute Gasteiger partial charge is 0.283 e. The number of carbonyl (C=O) groups excluding carboxylic acids is 1. The minimum absolute atomic E-state index is 0.0370. The summed E-state index contributed by atoms with van der Waals surface area (Å²) in [6.07, 6.45) is 4.81. The van der Waals surface area contributed by atoms with Crippen LogP contribution in [0.15, 0.2) is 38.5 Å². The number of rotatable bonds is 3. The summed E-state index contributed by atoms with van der Waals surface area (Å²) in [6, 6.07) is 3.44. The van der Waals surface area contributed by atoms with Crippen LogP contribution in [0, 0.1) is 5.41 Å². The van der Waals surface area contributed by atoms with Crippen LogP contribution in [0.3, 0.4) is 0 Å². The fourth-order valence-electron chi connectivity index (χ4n) is 1.86. The number of amides is 1. The standard InChI is InChI=1S/C13H12N4O2S/c1-2-4-10-16-17-11(14)9(7-8-5-3-6-19-8)12(18)15-13(17)20-10/h3,5-7,14H,2,4H2,1H3. The van der Waals surface area contributed by atoms with Gasteiger partial charge in [0.25, 0.3) is 5.91 Å². The molecular weight excluding hydrogens is 276 g/mol.